The van der Waals surface area contributed by atoms with E-state index in [2.05, 4.69) is 69.4 Å². The van der Waals surface area contributed by atoms with Gasteiger partial charge in [0, 0.05) is 22.9 Å². The van der Waals surface area contributed by atoms with Crippen LogP contribution >= 0.6 is 0 Å². The fraction of sp³-hybridized carbons (Fsp3) is 0.423. The molecule has 4 aromatic rings. The molecule has 4 aromatic carbocycles. The monoisotopic (exact) mass is 819 g/mol. The van der Waals surface area contributed by atoms with Gasteiger partial charge in [-0.1, -0.05) is 161 Å². The molecule has 0 aromatic heterocycles. The molecule has 0 amide bonds. The van der Waals surface area contributed by atoms with Crippen LogP contribution in [0.4, 0.5) is 0 Å². The Labute approximate surface area is 357 Å². The van der Waals surface area contributed by atoms with Crippen LogP contribution in [0.25, 0.3) is 11.1 Å². The molecule has 0 unspecified atom stereocenters. The second kappa shape index (κ2) is 12.8. The molecule has 3 heterocycles. The highest BCUT2D eigenvalue weighted by molar-refractivity contribution is 6.04. The Morgan fingerprint density at radius 1 is 0.508 bits per heavy atom. The summed E-state index contributed by atoms with van der Waals surface area (Å²) in [6, 6.07) is 39.4. The van der Waals surface area contributed by atoms with Crippen molar-refractivity contribution in [1.82, 2.24) is 5.32 Å². The minimum absolute atomic E-state index is 0.336. The topological polar surface area (TPSA) is 102 Å². The Morgan fingerprint density at radius 2 is 0.820 bits per heavy atom. The fourth-order valence-corrected chi connectivity index (χ4v) is 13.5. The smallest absolute Gasteiger partial charge is 0.323 e. The Hall–Kier alpha value is -4.90. The van der Waals surface area contributed by atoms with E-state index in [1.807, 2.05) is 97.1 Å². The Bertz CT molecular complexity index is 2290. The number of benzene rings is 4. The summed E-state index contributed by atoms with van der Waals surface area (Å²) in [5, 5.41) is 4.16. The van der Waals surface area contributed by atoms with E-state index in [0.717, 1.165) is 33.4 Å². The number of carbonyl (C=O) groups is 2. The Balaban J connectivity index is 1.29. The minimum atomic E-state index is -1.57. The molecular formula is C52H53NO8. The number of hydrogen-bond donors (Lipinski definition) is 1. The zero-order valence-corrected chi connectivity index (χ0v) is 35.6. The first-order chi connectivity index (χ1) is 29.4. The van der Waals surface area contributed by atoms with Crippen LogP contribution in [0.1, 0.15) is 49.9 Å². The van der Waals surface area contributed by atoms with Crippen molar-refractivity contribution in [2.24, 2.45) is 33.5 Å². The van der Waals surface area contributed by atoms with Crippen molar-refractivity contribution < 1.29 is 38.0 Å². The molecule has 5 fully saturated rings. The molecule has 4 aliphatic carbocycles. The third-order valence-corrected chi connectivity index (χ3v) is 15.5. The first-order valence-electron chi connectivity index (χ1n) is 21.5. The second-order valence-corrected chi connectivity index (χ2v) is 19.8. The zero-order valence-electron chi connectivity index (χ0n) is 35.6. The number of carbonyl (C=O) groups excluding carboxylic acids is 2. The SMILES string of the molecule is COC(=O)[C@]12C(c3ccccc3)=C[C@](c3ccccc3)([C@@H]3[C@@H]4[C@H](N[C@@H]31)[C@@]1(C(=O)OC)C(c3ccccc3)=C[C@]4(c3ccccc3)C13OCC(C)(C)CO3)C21OCC(C)(C)CO1. The first-order valence-corrected chi connectivity index (χ1v) is 21.5. The maximum atomic E-state index is 15.7. The van der Waals surface area contributed by atoms with Gasteiger partial charge < -0.3 is 33.7 Å². The summed E-state index contributed by atoms with van der Waals surface area (Å²) in [6.45, 7) is 9.83. The zero-order chi connectivity index (χ0) is 42.3. The number of methoxy groups -OCH3 is 2. The van der Waals surface area contributed by atoms with E-state index >= 15 is 9.59 Å². The summed E-state index contributed by atoms with van der Waals surface area (Å²) in [5.41, 5.74) is -0.919. The number of ether oxygens (including phenoxy) is 6. The Kier molecular flexibility index (Phi) is 8.20. The van der Waals surface area contributed by atoms with Gasteiger partial charge in [-0.05, 0) is 45.2 Å². The predicted octanol–water partition coefficient (Wildman–Crippen LogP) is 7.51. The minimum Gasteiger partial charge on any atom is -0.468 e. The van der Waals surface area contributed by atoms with Crippen molar-refractivity contribution in [2.75, 3.05) is 40.6 Å². The lowest BCUT2D eigenvalue weighted by molar-refractivity contribution is -0.344. The van der Waals surface area contributed by atoms with Gasteiger partial charge in [0.1, 0.15) is 0 Å². The first kappa shape index (κ1) is 39.0. The van der Waals surface area contributed by atoms with Crippen LogP contribution < -0.4 is 5.32 Å². The van der Waals surface area contributed by atoms with E-state index in [9.17, 15) is 0 Å². The number of esters is 2. The van der Waals surface area contributed by atoms with E-state index in [1.54, 1.807) is 0 Å². The quantitative estimate of drug-likeness (QED) is 0.198. The number of fused-ring (bicyclic) bond motifs is 7. The van der Waals surface area contributed by atoms with Crippen LogP contribution in [0.3, 0.4) is 0 Å². The van der Waals surface area contributed by atoms with Gasteiger partial charge in [-0.25, -0.2) is 0 Å². The van der Waals surface area contributed by atoms with Gasteiger partial charge in [-0.3, -0.25) is 9.59 Å². The third kappa shape index (κ3) is 4.34. The van der Waals surface area contributed by atoms with Crippen LogP contribution in [0.5, 0.6) is 0 Å². The number of nitrogens with one attached hydrogen (secondary N) is 1. The highest BCUT2D eigenvalue weighted by Crippen LogP contribution is 2.84. The average molecular weight is 820 g/mol. The largest absolute Gasteiger partial charge is 0.468 e. The van der Waals surface area contributed by atoms with Gasteiger partial charge in [0.05, 0.1) is 51.5 Å². The molecule has 7 aliphatic rings. The molecule has 2 saturated carbocycles. The number of rotatable bonds is 6. The molecule has 9 nitrogen and oxygen atoms in total. The average Bonchev–Trinajstić information content (AvgIpc) is 4.00. The van der Waals surface area contributed by atoms with Crippen LogP contribution in [0.2, 0.25) is 0 Å². The standard InChI is InChI=1S/C52H53NO8/c1-45(2)29-58-51(59-30-45)47(35-23-15-9-16-24-35)27-37(33-19-11-7-12-20-33)49(51,43(54)56-5)41-39(47)40-42(53-41)50(44(55)57-6)38(34-21-13-8-14-22-34)28-48(40,36-25-17-10-18-26-36)52(50)60-31-46(3,4)32-61-52/h7-28,39-42,53H,29-32H2,1-6H3/t39-,40-,41+,42+,47-,48+,49-,50+/m1/s1. The van der Waals surface area contributed by atoms with Crippen molar-refractivity contribution >= 4 is 23.1 Å². The maximum absolute atomic E-state index is 15.7. The molecule has 314 valence electrons. The molecule has 11 rings (SSSR count). The second-order valence-electron chi connectivity index (χ2n) is 19.8. The van der Waals surface area contributed by atoms with Crippen molar-refractivity contribution in [2.45, 2.75) is 62.2 Å². The van der Waals surface area contributed by atoms with Gasteiger partial charge in [0.2, 0.25) is 11.6 Å². The third-order valence-electron chi connectivity index (χ3n) is 15.5. The summed E-state index contributed by atoms with van der Waals surface area (Å²) in [7, 11) is 2.90. The van der Waals surface area contributed by atoms with E-state index in [-0.39, 0.29) is 10.8 Å². The van der Waals surface area contributed by atoms with Crippen LogP contribution in [0, 0.1) is 33.5 Å². The molecule has 4 bridgehead atoms. The lowest BCUT2D eigenvalue weighted by Crippen LogP contribution is -2.69. The molecule has 61 heavy (non-hydrogen) atoms. The number of hydrogen-bond acceptors (Lipinski definition) is 9. The van der Waals surface area contributed by atoms with Gasteiger partial charge in [-0.15, -0.1) is 0 Å². The molecule has 1 N–H and O–H groups in total. The predicted molar refractivity (Wildman–Crippen MR) is 228 cm³/mol. The lowest BCUT2D eigenvalue weighted by atomic mass is 9.56. The van der Waals surface area contributed by atoms with Gasteiger partial charge in [-0.2, -0.15) is 0 Å². The molecule has 9 heteroatoms. The van der Waals surface area contributed by atoms with E-state index in [1.165, 1.54) is 14.2 Å². The fourth-order valence-electron chi connectivity index (χ4n) is 13.5. The van der Waals surface area contributed by atoms with Crippen molar-refractivity contribution in [3.05, 3.63) is 156 Å². The summed E-state index contributed by atoms with van der Waals surface area (Å²) in [6.07, 6.45) is 4.54. The lowest BCUT2D eigenvalue weighted by Gasteiger charge is -2.55. The summed E-state index contributed by atoms with van der Waals surface area (Å²) < 4.78 is 41.8. The highest BCUT2D eigenvalue weighted by Gasteiger charge is 2.96. The summed E-state index contributed by atoms with van der Waals surface area (Å²) in [5.74, 6) is -5.01. The van der Waals surface area contributed by atoms with Crippen molar-refractivity contribution in [1.29, 1.82) is 0 Å². The molecule has 3 aliphatic heterocycles. The summed E-state index contributed by atoms with van der Waals surface area (Å²) >= 11 is 0. The molecule has 0 radical (unpaired) electrons. The molecule has 8 atom stereocenters. The van der Waals surface area contributed by atoms with E-state index in [0.29, 0.717) is 26.4 Å². The Morgan fingerprint density at radius 3 is 1.13 bits per heavy atom. The van der Waals surface area contributed by atoms with E-state index < -0.39 is 69.1 Å². The van der Waals surface area contributed by atoms with E-state index in [4.69, 9.17) is 28.4 Å². The van der Waals surface area contributed by atoms with Crippen LogP contribution in [0.15, 0.2) is 133 Å². The molecule has 2 spiro atoms. The van der Waals surface area contributed by atoms with Crippen molar-refractivity contribution in [3.8, 4) is 0 Å². The van der Waals surface area contributed by atoms with Gasteiger partial charge in [0.15, 0.2) is 10.8 Å². The molecule has 3 saturated heterocycles. The highest BCUT2D eigenvalue weighted by atomic mass is 16.7. The summed E-state index contributed by atoms with van der Waals surface area (Å²) in [4.78, 5) is 31.4. The molecular weight excluding hydrogens is 767 g/mol. The van der Waals surface area contributed by atoms with Gasteiger partial charge in [0.25, 0.3) is 0 Å². The van der Waals surface area contributed by atoms with Crippen LogP contribution in [-0.2, 0) is 48.8 Å². The van der Waals surface area contributed by atoms with Crippen molar-refractivity contribution in [3.63, 3.8) is 0 Å². The van der Waals surface area contributed by atoms with Gasteiger partial charge >= 0.3 is 11.9 Å². The normalized spacial score (nSPS) is 36.2. The van der Waals surface area contributed by atoms with Crippen LogP contribution in [-0.4, -0.2) is 76.2 Å². The maximum Gasteiger partial charge on any atom is 0.323 e.